The van der Waals surface area contributed by atoms with Gasteiger partial charge in [-0.1, -0.05) is 35.4 Å². The zero-order valence-electron chi connectivity index (χ0n) is 15.1. The molecule has 1 aromatic heterocycles. The van der Waals surface area contributed by atoms with E-state index in [0.717, 1.165) is 10.5 Å². The van der Waals surface area contributed by atoms with Gasteiger partial charge in [0.15, 0.2) is 0 Å². The molecular formula is C19H19Cl2NO4S. The molecule has 0 spiro atoms. The maximum absolute atomic E-state index is 13.2. The highest BCUT2D eigenvalue weighted by Gasteiger charge is 2.28. The molecule has 2 aromatic rings. The van der Waals surface area contributed by atoms with Crippen molar-refractivity contribution >= 4 is 52.3 Å². The van der Waals surface area contributed by atoms with Crippen molar-refractivity contribution in [3.05, 3.63) is 56.9 Å². The molecule has 1 aromatic carbocycles. The number of amides is 1. The van der Waals surface area contributed by atoms with Crippen molar-refractivity contribution in [3.63, 3.8) is 0 Å². The van der Waals surface area contributed by atoms with Crippen LogP contribution in [0.15, 0.2) is 36.4 Å². The van der Waals surface area contributed by atoms with Crippen LogP contribution in [0.2, 0.25) is 10.0 Å². The first-order valence-electron chi connectivity index (χ1n) is 8.06. The molecule has 2 rings (SSSR count). The average Bonchev–Trinajstić information content (AvgIpc) is 2.87. The van der Waals surface area contributed by atoms with Crippen molar-refractivity contribution in [2.45, 2.75) is 33.2 Å². The molecule has 27 heavy (non-hydrogen) atoms. The number of ether oxygens (including phenoxy) is 1. The monoisotopic (exact) mass is 427 g/mol. The molecule has 144 valence electrons. The summed E-state index contributed by atoms with van der Waals surface area (Å²) >= 11 is 13.3. The molecule has 1 amide bonds. The lowest BCUT2D eigenvalue weighted by Gasteiger charge is -2.27. The Morgan fingerprint density at radius 2 is 1.96 bits per heavy atom. The van der Waals surface area contributed by atoms with E-state index in [4.69, 9.17) is 33.0 Å². The number of allylic oxidation sites excluding steroid dienone is 1. The quantitative estimate of drug-likeness (QED) is 0.434. The predicted octanol–water partition coefficient (Wildman–Crippen LogP) is 6.29. The Labute approximate surface area is 171 Å². The van der Waals surface area contributed by atoms with Crippen LogP contribution in [0.3, 0.4) is 0 Å². The van der Waals surface area contributed by atoms with Gasteiger partial charge in [-0.25, -0.2) is 4.79 Å². The molecule has 0 aliphatic rings. The molecule has 0 saturated heterocycles. The van der Waals surface area contributed by atoms with Gasteiger partial charge in [-0.15, -0.1) is 11.3 Å². The molecule has 0 radical (unpaired) electrons. The van der Waals surface area contributed by atoms with Gasteiger partial charge in [-0.2, -0.15) is 0 Å². The number of nitrogens with zero attached hydrogens (tertiary/aromatic N) is 1. The first kappa shape index (κ1) is 21.3. The molecule has 0 atom stereocenters. The van der Waals surface area contributed by atoms with E-state index < -0.39 is 6.16 Å². The second-order valence-electron chi connectivity index (χ2n) is 6.28. The Kier molecular flexibility index (Phi) is 6.92. The molecule has 0 saturated carbocycles. The lowest BCUT2D eigenvalue weighted by Crippen LogP contribution is -2.37. The van der Waals surface area contributed by atoms with E-state index in [0.29, 0.717) is 17.1 Å². The summed E-state index contributed by atoms with van der Waals surface area (Å²) in [6.07, 6.45) is -0.886. The maximum atomic E-state index is 13.2. The molecule has 0 fully saturated rings. The summed E-state index contributed by atoms with van der Waals surface area (Å²) in [6.45, 7) is 9.39. The summed E-state index contributed by atoms with van der Waals surface area (Å²) in [5.41, 5.74) is 1.56. The average molecular weight is 428 g/mol. The van der Waals surface area contributed by atoms with Crippen LogP contribution in [0.25, 0.3) is 0 Å². The fraction of sp³-hybridized carbons (Fsp3) is 0.263. The van der Waals surface area contributed by atoms with Gasteiger partial charge in [0.2, 0.25) is 5.06 Å². The smallest absolute Gasteiger partial charge is 0.449 e. The summed E-state index contributed by atoms with van der Waals surface area (Å²) in [5, 5.41) is 9.83. The van der Waals surface area contributed by atoms with Crippen LogP contribution in [0.5, 0.6) is 5.06 Å². The fourth-order valence-corrected chi connectivity index (χ4v) is 4.12. The highest BCUT2D eigenvalue weighted by molar-refractivity contribution is 7.14. The summed E-state index contributed by atoms with van der Waals surface area (Å²) in [6, 6.07) is 6.09. The third-order valence-electron chi connectivity index (χ3n) is 3.54. The Bertz CT molecular complexity index is 892. The number of carboxylic acid groups (broad SMARTS) is 1. The van der Waals surface area contributed by atoms with Crippen LogP contribution in [-0.2, 0) is 6.42 Å². The minimum Gasteiger partial charge on any atom is -0.449 e. The fourth-order valence-electron chi connectivity index (χ4n) is 2.53. The lowest BCUT2D eigenvalue weighted by atomic mass is 10.1. The van der Waals surface area contributed by atoms with Crippen LogP contribution in [0.1, 0.15) is 36.0 Å². The molecular weight excluding hydrogens is 409 g/mol. The number of benzene rings is 1. The van der Waals surface area contributed by atoms with E-state index in [1.54, 1.807) is 18.2 Å². The number of hydrogen-bond donors (Lipinski definition) is 1. The zero-order valence-corrected chi connectivity index (χ0v) is 17.4. The molecule has 0 bridgehead atoms. The number of anilines is 1. The minimum absolute atomic E-state index is 0.130. The van der Waals surface area contributed by atoms with Gasteiger partial charge in [0, 0.05) is 22.4 Å². The van der Waals surface area contributed by atoms with Crippen LogP contribution in [0.4, 0.5) is 10.5 Å². The minimum atomic E-state index is -1.44. The largest absolute Gasteiger partial charge is 0.512 e. The molecule has 1 N–H and O–H groups in total. The third-order valence-corrected chi connectivity index (χ3v) is 5.09. The standard InChI is InChI=1S/C19H19Cl2NO4S/c1-10(2)7-13-9-16(18(27-13)26-19(24)25)22(11(3)4)17(23)14-6-5-12(20)8-15(14)21/h5-6,8-9,11H,1,7H2,2-4H3,(H,24,25). The van der Waals surface area contributed by atoms with E-state index in [9.17, 15) is 9.59 Å². The van der Waals surface area contributed by atoms with Crippen LogP contribution < -0.4 is 9.64 Å². The lowest BCUT2D eigenvalue weighted by molar-refractivity contribution is 0.0978. The second-order valence-corrected chi connectivity index (χ2v) is 8.22. The Morgan fingerprint density at radius 3 is 2.48 bits per heavy atom. The van der Waals surface area contributed by atoms with Crippen molar-refractivity contribution in [2.75, 3.05) is 4.90 Å². The highest BCUT2D eigenvalue weighted by atomic mass is 35.5. The number of carbonyl (C=O) groups is 2. The topological polar surface area (TPSA) is 66.8 Å². The van der Waals surface area contributed by atoms with Gasteiger partial charge in [-0.05, 0) is 45.0 Å². The van der Waals surface area contributed by atoms with Crippen molar-refractivity contribution in [2.24, 2.45) is 0 Å². The molecule has 0 aliphatic carbocycles. The molecule has 0 unspecified atom stereocenters. The maximum Gasteiger partial charge on any atom is 0.512 e. The Hall–Kier alpha value is -2.02. The van der Waals surface area contributed by atoms with E-state index in [2.05, 4.69) is 6.58 Å². The molecule has 8 heteroatoms. The number of thiophene rings is 1. The van der Waals surface area contributed by atoms with Crippen molar-refractivity contribution < 1.29 is 19.4 Å². The van der Waals surface area contributed by atoms with Gasteiger partial charge in [0.05, 0.1) is 16.3 Å². The summed E-state index contributed by atoms with van der Waals surface area (Å²) in [5.74, 6) is -0.374. The van der Waals surface area contributed by atoms with E-state index in [1.807, 2.05) is 20.8 Å². The summed E-state index contributed by atoms with van der Waals surface area (Å²) in [7, 11) is 0. The van der Waals surface area contributed by atoms with Crippen LogP contribution >= 0.6 is 34.5 Å². The van der Waals surface area contributed by atoms with Crippen molar-refractivity contribution in [1.29, 1.82) is 0 Å². The van der Waals surface area contributed by atoms with E-state index in [1.165, 1.54) is 22.3 Å². The van der Waals surface area contributed by atoms with Gasteiger partial charge < -0.3 is 14.7 Å². The second kappa shape index (κ2) is 8.78. The van der Waals surface area contributed by atoms with Gasteiger partial charge in [0.25, 0.3) is 5.91 Å². The SMILES string of the molecule is C=C(C)Cc1cc(N(C(=O)c2ccc(Cl)cc2Cl)C(C)C)c(OC(=O)O)s1. The van der Waals surface area contributed by atoms with E-state index >= 15 is 0 Å². The number of halogens is 2. The molecule has 5 nitrogen and oxygen atoms in total. The van der Waals surface area contributed by atoms with Crippen molar-refractivity contribution in [1.82, 2.24) is 0 Å². The van der Waals surface area contributed by atoms with Crippen LogP contribution in [-0.4, -0.2) is 23.2 Å². The zero-order chi connectivity index (χ0) is 20.3. The van der Waals surface area contributed by atoms with Gasteiger partial charge in [0.1, 0.15) is 0 Å². The normalized spacial score (nSPS) is 10.7. The van der Waals surface area contributed by atoms with Crippen LogP contribution in [0, 0.1) is 0 Å². The number of rotatable bonds is 6. The number of carbonyl (C=O) groups excluding carboxylic acids is 1. The first-order chi connectivity index (χ1) is 12.6. The Balaban J connectivity index is 2.54. The summed E-state index contributed by atoms with van der Waals surface area (Å²) in [4.78, 5) is 26.6. The summed E-state index contributed by atoms with van der Waals surface area (Å²) < 4.78 is 4.93. The first-order valence-corrected chi connectivity index (χ1v) is 9.63. The predicted molar refractivity (Wildman–Crippen MR) is 110 cm³/mol. The van der Waals surface area contributed by atoms with Gasteiger partial charge >= 0.3 is 6.16 Å². The van der Waals surface area contributed by atoms with Crippen molar-refractivity contribution in [3.8, 4) is 5.06 Å². The molecule has 0 aliphatic heterocycles. The third kappa shape index (κ3) is 5.25. The molecule has 1 heterocycles. The Morgan fingerprint density at radius 1 is 1.30 bits per heavy atom. The van der Waals surface area contributed by atoms with Gasteiger partial charge in [-0.3, -0.25) is 4.79 Å². The van der Waals surface area contributed by atoms with E-state index in [-0.39, 0.29) is 27.6 Å². The highest BCUT2D eigenvalue weighted by Crippen LogP contribution is 2.41. The number of hydrogen-bond acceptors (Lipinski definition) is 4.